The fourth-order valence-corrected chi connectivity index (χ4v) is 4.62. The summed E-state index contributed by atoms with van der Waals surface area (Å²) < 4.78 is 3.55. The molecule has 0 radical (unpaired) electrons. The number of hydrogen-bond donors (Lipinski definition) is 4. The fourth-order valence-electron chi connectivity index (χ4n) is 4.62. The van der Waals surface area contributed by atoms with Gasteiger partial charge in [-0.1, -0.05) is 6.92 Å². The van der Waals surface area contributed by atoms with E-state index >= 15 is 0 Å². The molecule has 4 rings (SSSR count). The van der Waals surface area contributed by atoms with Gasteiger partial charge in [0.2, 0.25) is 11.7 Å². The molecule has 11 heteroatoms. The Bertz CT molecular complexity index is 1260. The first kappa shape index (κ1) is 22.7. The first-order valence-corrected chi connectivity index (χ1v) is 10.7. The number of carbonyl (C=O) groups is 1. The van der Waals surface area contributed by atoms with Gasteiger partial charge in [0.15, 0.2) is 17.0 Å². The van der Waals surface area contributed by atoms with Gasteiger partial charge in [0.25, 0.3) is 0 Å². The number of imidazole rings is 2. The van der Waals surface area contributed by atoms with Gasteiger partial charge in [0.05, 0.1) is 42.5 Å². The van der Waals surface area contributed by atoms with E-state index in [-0.39, 0.29) is 18.2 Å². The van der Waals surface area contributed by atoms with Crippen LogP contribution in [-0.4, -0.2) is 71.5 Å². The number of aliphatic hydroxyl groups is 2. The number of anilines is 1. The Morgan fingerprint density at radius 3 is 2.64 bits per heavy atom. The van der Waals surface area contributed by atoms with Gasteiger partial charge < -0.3 is 30.0 Å². The highest BCUT2D eigenvalue weighted by Crippen LogP contribution is 2.47. The van der Waals surface area contributed by atoms with Gasteiger partial charge in [0, 0.05) is 27.6 Å². The molecule has 0 aliphatic heterocycles. The minimum absolute atomic E-state index is 0.0513. The average molecular weight is 453 g/mol. The molecule has 1 fully saturated rings. The maximum atomic E-state index is 12.7. The molecular formula is C22H28N8O3. The van der Waals surface area contributed by atoms with E-state index in [0.29, 0.717) is 22.7 Å². The number of nitrogens with zero attached hydrogens (tertiary/aromatic N) is 6. The molecule has 1 saturated carbocycles. The molecular weight excluding hydrogens is 424 g/mol. The standard InChI is InChI=1S/C22H28N8O3/c1-12-18(14(31)8-15(32)22(12,2)21(33)24-4)30-11-26-17-19(23-3)27-16(28-20(17)30)7-6-13-9-25-10-29(13)5/h9-12,14-15,18,31-32H,8H2,1-5H3,(H,24,33)(H,23,27,28)/t12-,14-,15+,18-,22?/m1/s1. The third-order valence-corrected chi connectivity index (χ3v) is 6.82. The smallest absolute Gasteiger partial charge is 0.228 e. The molecule has 1 unspecified atom stereocenters. The van der Waals surface area contributed by atoms with E-state index in [0.717, 1.165) is 0 Å². The zero-order chi connectivity index (χ0) is 23.9. The maximum absolute atomic E-state index is 12.7. The Kier molecular flexibility index (Phi) is 5.82. The third-order valence-electron chi connectivity index (χ3n) is 6.82. The maximum Gasteiger partial charge on any atom is 0.228 e. The number of aromatic nitrogens is 6. The van der Waals surface area contributed by atoms with Crippen LogP contribution in [0, 0.1) is 23.2 Å². The normalized spacial score (nSPS) is 27.1. The van der Waals surface area contributed by atoms with Crippen molar-refractivity contribution in [3.05, 3.63) is 30.4 Å². The lowest BCUT2D eigenvalue weighted by Gasteiger charge is -2.48. The lowest BCUT2D eigenvalue weighted by Crippen LogP contribution is -2.58. The molecule has 11 nitrogen and oxygen atoms in total. The number of hydrogen-bond acceptors (Lipinski definition) is 8. The number of fused-ring (bicyclic) bond motifs is 1. The third kappa shape index (κ3) is 3.61. The van der Waals surface area contributed by atoms with Crippen LogP contribution in [0.5, 0.6) is 0 Å². The SMILES string of the molecule is CNC(=O)C1(C)[C@H](C)[C@@H](n2cnc3c(NC)nc(C#Cc4cncn4C)nc32)[C@H](O)C[C@@H]1O. The Morgan fingerprint density at radius 2 is 2.00 bits per heavy atom. The first-order chi connectivity index (χ1) is 15.7. The van der Waals surface area contributed by atoms with E-state index in [4.69, 9.17) is 0 Å². The molecule has 1 amide bonds. The highest BCUT2D eigenvalue weighted by molar-refractivity contribution is 5.84. The number of aryl methyl sites for hydroxylation is 1. The summed E-state index contributed by atoms with van der Waals surface area (Å²) in [5, 5.41) is 27.3. The van der Waals surface area contributed by atoms with Gasteiger partial charge in [-0.15, -0.1) is 0 Å². The van der Waals surface area contributed by atoms with Gasteiger partial charge in [0.1, 0.15) is 5.69 Å². The predicted molar refractivity (Wildman–Crippen MR) is 121 cm³/mol. The van der Waals surface area contributed by atoms with Crippen molar-refractivity contribution in [1.29, 1.82) is 0 Å². The highest BCUT2D eigenvalue weighted by Gasteiger charge is 2.54. The Morgan fingerprint density at radius 1 is 1.24 bits per heavy atom. The summed E-state index contributed by atoms with van der Waals surface area (Å²) in [7, 11) is 5.12. The second-order valence-corrected chi connectivity index (χ2v) is 8.57. The van der Waals surface area contributed by atoms with E-state index < -0.39 is 29.6 Å². The van der Waals surface area contributed by atoms with E-state index in [2.05, 4.69) is 42.4 Å². The average Bonchev–Trinajstić information content (AvgIpc) is 3.41. The number of nitrogens with one attached hydrogen (secondary N) is 2. The topological polar surface area (TPSA) is 143 Å². The largest absolute Gasteiger partial charge is 0.392 e. The Balaban J connectivity index is 1.83. The van der Waals surface area contributed by atoms with E-state index in [1.165, 1.54) is 0 Å². The van der Waals surface area contributed by atoms with E-state index in [1.54, 1.807) is 49.0 Å². The minimum atomic E-state index is -1.10. The quantitative estimate of drug-likeness (QED) is 0.409. The number of carbonyl (C=O) groups excluding carboxylic acids is 1. The summed E-state index contributed by atoms with van der Waals surface area (Å²) in [5.74, 6) is 6.05. The number of aliphatic hydroxyl groups excluding tert-OH is 2. The van der Waals surface area contributed by atoms with Gasteiger partial charge in [-0.25, -0.2) is 19.9 Å². The van der Waals surface area contributed by atoms with Crippen molar-refractivity contribution >= 4 is 22.9 Å². The lowest BCUT2D eigenvalue weighted by molar-refractivity contribution is -0.156. The highest BCUT2D eigenvalue weighted by atomic mass is 16.3. The summed E-state index contributed by atoms with van der Waals surface area (Å²) in [6.45, 7) is 3.57. The number of amides is 1. The molecule has 3 heterocycles. The van der Waals surface area contributed by atoms with Crippen LogP contribution in [0.15, 0.2) is 18.9 Å². The Labute approximate surface area is 191 Å². The molecule has 1 aliphatic rings. The van der Waals surface area contributed by atoms with Crippen LogP contribution in [-0.2, 0) is 11.8 Å². The van der Waals surface area contributed by atoms with Crippen LogP contribution in [0.3, 0.4) is 0 Å². The molecule has 3 aromatic heterocycles. The van der Waals surface area contributed by atoms with Crippen molar-refractivity contribution in [3.8, 4) is 11.8 Å². The van der Waals surface area contributed by atoms with Crippen LogP contribution in [0.1, 0.15) is 37.8 Å². The Hall–Kier alpha value is -3.49. The molecule has 33 heavy (non-hydrogen) atoms. The zero-order valence-corrected chi connectivity index (χ0v) is 19.2. The lowest BCUT2D eigenvalue weighted by atomic mass is 9.62. The molecule has 0 spiro atoms. The summed E-state index contributed by atoms with van der Waals surface area (Å²) in [6.07, 6.45) is 3.06. The molecule has 0 saturated heterocycles. The summed E-state index contributed by atoms with van der Waals surface area (Å²) in [5.41, 5.74) is 0.617. The zero-order valence-electron chi connectivity index (χ0n) is 19.2. The van der Waals surface area contributed by atoms with Crippen molar-refractivity contribution in [3.63, 3.8) is 0 Å². The van der Waals surface area contributed by atoms with E-state index in [9.17, 15) is 15.0 Å². The molecule has 174 valence electrons. The van der Waals surface area contributed by atoms with Crippen molar-refractivity contribution in [2.45, 2.75) is 38.5 Å². The van der Waals surface area contributed by atoms with Gasteiger partial charge in [-0.3, -0.25) is 4.79 Å². The predicted octanol–water partition coefficient (Wildman–Crippen LogP) is 0.0563. The van der Waals surface area contributed by atoms with Gasteiger partial charge >= 0.3 is 0 Å². The number of rotatable bonds is 3. The summed E-state index contributed by atoms with van der Waals surface area (Å²) in [6, 6.07) is -0.543. The second-order valence-electron chi connectivity index (χ2n) is 8.57. The first-order valence-electron chi connectivity index (χ1n) is 10.7. The van der Waals surface area contributed by atoms with Crippen molar-refractivity contribution in [1.82, 2.24) is 34.4 Å². The van der Waals surface area contributed by atoms with Crippen LogP contribution < -0.4 is 10.6 Å². The van der Waals surface area contributed by atoms with E-state index in [1.807, 2.05) is 14.0 Å². The summed E-state index contributed by atoms with van der Waals surface area (Å²) in [4.78, 5) is 30.3. The second kappa shape index (κ2) is 8.46. The van der Waals surface area contributed by atoms with Crippen LogP contribution in [0.25, 0.3) is 11.2 Å². The van der Waals surface area contributed by atoms with Crippen LogP contribution in [0.4, 0.5) is 5.82 Å². The molecule has 3 aromatic rings. The van der Waals surface area contributed by atoms with Crippen molar-refractivity contribution in [2.75, 3.05) is 19.4 Å². The molecule has 0 aromatic carbocycles. The van der Waals surface area contributed by atoms with Crippen LogP contribution in [0.2, 0.25) is 0 Å². The molecule has 4 N–H and O–H groups in total. The van der Waals surface area contributed by atoms with Crippen molar-refractivity contribution in [2.24, 2.45) is 18.4 Å². The monoisotopic (exact) mass is 452 g/mol. The summed E-state index contributed by atoms with van der Waals surface area (Å²) >= 11 is 0. The van der Waals surface area contributed by atoms with Gasteiger partial charge in [-0.2, -0.15) is 0 Å². The fraction of sp³-hybridized carbons (Fsp3) is 0.500. The molecule has 5 atom stereocenters. The molecule has 1 aliphatic carbocycles. The van der Waals surface area contributed by atoms with Crippen LogP contribution >= 0.6 is 0 Å². The molecule has 0 bridgehead atoms. The minimum Gasteiger partial charge on any atom is -0.392 e. The van der Waals surface area contributed by atoms with Crippen molar-refractivity contribution < 1.29 is 15.0 Å². The van der Waals surface area contributed by atoms with Gasteiger partial charge in [-0.05, 0) is 24.7 Å².